The van der Waals surface area contributed by atoms with Crippen LogP contribution in [0.1, 0.15) is 40.2 Å². The van der Waals surface area contributed by atoms with Crippen LogP contribution in [0.2, 0.25) is 0 Å². The Morgan fingerprint density at radius 3 is 2.36 bits per heavy atom. The molecule has 2 aliphatic rings. The molecule has 0 radical (unpaired) electrons. The van der Waals surface area contributed by atoms with E-state index in [1.54, 1.807) is 30.1 Å². The summed E-state index contributed by atoms with van der Waals surface area (Å²) in [6.45, 7) is 0.0383. The summed E-state index contributed by atoms with van der Waals surface area (Å²) >= 11 is 0. The van der Waals surface area contributed by atoms with Crippen LogP contribution in [0.4, 0.5) is 23.5 Å². The third-order valence-electron chi connectivity index (χ3n) is 6.57. The standard InChI is InChI=1S/C24H22F4N4O2S.ClH/c1-32-13-23(25,14-32)21-12-16(24(26,27)28)4-7-20(21)19-6-3-15-11-17(5-8-18(15)19)35(33,34)31-22-29-9-2-10-30-22;/h2,4-5,7-12,19H,3,6,13-14H2,1H3,(H,29,30,31);1H. The van der Waals surface area contributed by atoms with Crippen molar-refractivity contribution in [1.29, 1.82) is 0 Å². The summed E-state index contributed by atoms with van der Waals surface area (Å²) < 4.78 is 83.8. The summed E-state index contributed by atoms with van der Waals surface area (Å²) in [5.74, 6) is -0.387. The molecule has 1 fully saturated rings. The first-order valence-corrected chi connectivity index (χ1v) is 12.5. The van der Waals surface area contributed by atoms with E-state index in [2.05, 4.69) is 14.7 Å². The highest BCUT2D eigenvalue weighted by molar-refractivity contribution is 7.92. The number of alkyl halides is 4. The number of aromatic nitrogens is 2. The maximum Gasteiger partial charge on any atom is 0.416 e. The minimum Gasteiger partial charge on any atom is -0.299 e. The van der Waals surface area contributed by atoms with Crippen molar-refractivity contribution < 1.29 is 26.0 Å². The van der Waals surface area contributed by atoms with Gasteiger partial charge in [0.1, 0.15) is 0 Å². The highest BCUT2D eigenvalue weighted by Crippen LogP contribution is 2.47. The molecule has 0 spiro atoms. The predicted octanol–water partition coefficient (Wildman–Crippen LogP) is 4.91. The number of benzene rings is 2. The summed E-state index contributed by atoms with van der Waals surface area (Å²) in [5, 5.41) is 0. The molecule has 2 heterocycles. The molecule has 1 saturated heterocycles. The molecule has 3 aromatic rings. The molecule has 1 aliphatic heterocycles. The molecule has 1 N–H and O–H groups in total. The molecule has 1 aliphatic carbocycles. The molecule has 6 nitrogen and oxygen atoms in total. The lowest BCUT2D eigenvalue weighted by atomic mass is 9.79. The molecular formula is C24H23ClF4N4O2S. The van der Waals surface area contributed by atoms with E-state index >= 15 is 4.39 Å². The first-order valence-electron chi connectivity index (χ1n) is 11.0. The summed E-state index contributed by atoms with van der Waals surface area (Å²) in [4.78, 5) is 9.48. The quantitative estimate of drug-likeness (QED) is 0.464. The van der Waals surface area contributed by atoms with Crippen LogP contribution < -0.4 is 4.72 Å². The summed E-state index contributed by atoms with van der Waals surface area (Å²) in [5.41, 5.74) is -0.622. The fourth-order valence-corrected chi connectivity index (χ4v) is 6.03. The van der Waals surface area contributed by atoms with Crippen LogP contribution in [0, 0.1) is 0 Å². The highest BCUT2D eigenvalue weighted by Gasteiger charge is 2.47. The Hall–Kier alpha value is -2.76. The van der Waals surface area contributed by atoms with Crippen LogP contribution in [-0.2, 0) is 28.3 Å². The van der Waals surface area contributed by atoms with Crippen molar-refractivity contribution in [1.82, 2.24) is 14.9 Å². The molecule has 0 amide bonds. The summed E-state index contributed by atoms with van der Waals surface area (Å²) in [7, 11) is -2.22. The van der Waals surface area contributed by atoms with Gasteiger partial charge in [0.15, 0.2) is 5.67 Å². The van der Waals surface area contributed by atoms with Gasteiger partial charge in [0.05, 0.1) is 10.5 Å². The van der Waals surface area contributed by atoms with Crippen LogP contribution in [0.15, 0.2) is 59.8 Å². The molecule has 1 aromatic heterocycles. The van der Waals surface area contributed by atoms with Gasteiger partial charge >= 0.3 is 6.18 Å². The number of nitrogens with one attached hydrogen (secondary N) is 1. The zero-order chi connectivity index (χ0) is 25.0. The van der Waals surface area contributed by atoms with Crippen LogP contribution in [-0.4, -0.2) is 43.4 Å². The Bertz CT molecular complexity index is 1380. The molecule has 1 unspecified atom stereocenters. The fraction of sp³-hybridized carbons (Fsp3) is 0.333. The lowest BCUT2D eigenvalue weighted by molar-refractivity contribution is -0.137. The van der Waals surface area contributed by atoms with Gasteiger partial charge in [-0.3, -0.25) is 4.90 Å². The van der Waals surface area contributed by atoms with Gasteiger partial charge in [-0.1, -0.05) is 12.1 Å². The van der Waals surface area contributed by atoms with Crippen LogP contribution in [0.25, 0.3) is 0 Å². The summed E-state index contributed by atoms with van der Waals surface area (Å²) in [6, 6.07) is 9.50. The van der Waals surface area contributed by atoms with Crippen molar-refractivity contribution in [3.63, 3.8) is 0 Å². The number of fused-ring (bicyclic) bond motifs is 1. The molecule has 192 valence electrons. The summed E-state index contributed by atoms with van der Waals surface area (Å²) in [6.07, 6.45) is -0.691. The number of rotatable bonds is 5. The minimum absolute atomic E-state index is 0. The molecule has 5 rings (SSSR count). The van der Waals surface area contributed by atoms with E-state index in [0.717, 1.165) is 23.3 Å². The third-order valence-corrected chi connectivity index (χ3v) is 7.90. The lowest BCUT2D eigenvalue weighted by Gasteiger charge is -2.44. The number of halogens is 5. The van der Waals surface area contributed by atoms with Gasteiger partial charge in [0, 0.05) is 31.4 Å². The van der Waals surface area contributed by atoms with Crippen LogP contribution >= 0.6 is 12.4 Å². The zero-order valence-corrected chi connectivity index (χ0v) is 20.7. The molecule has 2 aromatic carbocycles. The number of aryl methyl sites for hydroxylation is 1. The first-order chi connectivity index (χ1) is 16.5. The van der Waals surface area contributed by atoms with E-state index in [0.29, 0.717) is 18.4 Å². The Balaban J connectivity index is 0.00000304. The van der Waals surface area contributed by atoms with Crippen molar-refractivity contribution in [3.05, 3.63) is 82.7 Å². The Kier molecular flexibility index (Phi) is 6.78. The number of anilines is 1. The van der Waals surface area contributed by atoms with Gasteiger partial charge in [0.2, 0.25) is 5.95 Å². The topological polar surface area (TPSA) is 75.2 Å². The van der Waals surface area contributed by atoms with Crippen LogP contribution in [0.5, 0.6) is 0 Å². The van der Waals surface area contributed by atoms with Gasteiger partial charge in [0.25, 0.3) is 10.0 Å². The monoisotopic (exact) mass is 542 g/mol. The van der Waals surface area contributed by atoms with Gasteiger partial charge in [-0.2, -0.15) is 13.2 Å². The van der Waals surface area contributed by atoms with E-state index in [9.17, 15) is 21.6 Å². The van der Waals surface area contributed by atoms with Crippen molar-refractivity contribution in [2.24, 2.45) is 0 Å². The number of sulfonamides is 1. The highest BCUT2D eigenvalue weighted by atomic mass is 35.5. The second-order valence-electron chi connectivity index (χ2n) is 9.07. The van der Waals surface area contributed by atoms with Crippen molar-refractivity contribution in [3.8, 4) is 0 Å². The van der Waals surface area contributed by atoms with E-state index in [1.165, 1.54) is 24.5 Å². The van der Waals surface area contributed by atoms with Crippen molar-refractivity contribution >= 4 is 28.4 Å². The molecule has 0 saturated carbocycles. The second-order valence-corrected chi connectivity index (χ2v) is 10.7. The Morgan fingerprint density at radius 2 is 1.72 bits per heavy atom. The molecule has 1 atom stereocenters. The fourth-order valence-electron chi connectivity index (χ4n) is 5.02. The second kappa shape index (κ2) is 9.28. The number of nitrogens with zero attached hydrogens (tertiary/aromatic N) is 3. The molecular weight excluding hydrogens is 520 g/mol. The average molecular weight is 543 g/mol. The number of likely N-dealkylation sites (tertiary alicyclic amines) is 1. The van der Waals surface area contributed by atoms with Gasteiger partial charge in [-0.05, 0) is 72.5 Å². The number of hydrogen-bond donors (Lipinski definition) is 1. The van der Waals surface area contributed by atoms with Crippen molar-refractivity contribution in [2.45, 2.75) is 35.5 Å². The Labute approximate surface area is 212 Å². The normalized spacial score (nSPS) is 19.2. The van der Waals surface area contributed by atoms with Gasteiger partial charge in [-0.25, -0.2) is 27.5 Å². The maximum absolute atomic E-state index is 15.7. The molecule has 0 bridgehead atoms. The first kappa shape index (κ1) is 26.3. The number of likely N-dealkylation sites (N-methyl/N-ethyl adjacent to an activating group) is 1. The minimum atomic E-state index is -4.58. The van der Waals surface area contributed by atoms with E-state index in [4.69, 9.17) is 0 Å². The maximum atomic E-state index is 15.7. The molecule has 36 heavy (non-hydrogen) atoms. The predicted molar refractivity (Wildman–Crippen MR) is 128 cm³/mol. The largest absolute Gasteiger partial charge is 0.416 e. The molecule has 12 heteroatoms. The average Bonchev–Trinajstić information content (AvgIpc) is 3.21. The van der Waals surface area contributed by atoms with E-state index < -0.39 is 27.4 Å². The third kappa shape index (κ3) is 4.79. The van der Waals surface area contributed by atoms with Gasteiger partial charge in [-0.15, -0.1) is 12.4 Å². The van der Waals surface area contributed by atoms with Gasteiger partial charge < -0.3 is 0 Å². The SMILES string of the molecule is CN1CC(F)(c2cc(C(F)(F)F)ccc2C2CCc3cc(S(=O)(=O)Nc4ncccn4)ccc32)C1.Cl. The lowest BCUT2D eigenvalue weighted by Crippen LogP contribution is -2.55. The smallest absolute Gasteiger partial charge is 0.299 e. The van der Waals surface area contributed by atoms with E-state index in [-0.39, 0.29) is 47.8 Å². The number of hydrogen-bond acceptors (Lipinski definition) is 5. The van der Waals surface area contributed by atoms with E-state index in [1.807, 2.05) is 0 Å². The zero-order valence-electron chi connectivity index (χ0n) is 19.1. The van der Waals surface area contributed by atoms with Crippen molar-refractivity contribution in [2.75, 3.05) is 24.9 Å². The Morgan fingerprint density at radius 1 is 1.06 bits per heavy atom. The van der Waals surface area contributed by atoms with Crippen LogP contribution in [0.3, 0.4) is 0 Å².